The van der Waals surface area contributed by atoms with Gasteiger partial charge in [0, 0.05) is 25.4 Å². The fraction of sp³-hybridized carbons (Fsp3) is 0.864. The molecule has 0 spiro atoms. The van der Waals surface area contributed by atoms with Gasteiger partial charge in [-0.3, -0.25) is 4.79 Å². The van der Waals surface area contributed by atoms with E-state index in [1.54, 1.807) is 0 Å². The molecule has 0 aromatic carbocycles. The Labute approximate surface area is 158 Å². The number of allylic oxidation sites excluding steroid dienone is 1. The standard InChI is InChI=1S/C22H36O4/c1-14-5-6-18-20(26-15(2)24)19(8-11-21(14,18)3)22(4)10-7-17(25)13-16(22)9-12-23/h16-20,23,25H,1,5-13H2,2-4H3/t16-,17-,18-,19-,20-,21+,22-/m0/s1. The summed E-state index contributed by atoms with van der Waals surface area (Å²) in [7, 11) is 0. The highest BCUT2D eigenvalue weighted by Crippen LogP contribution is 2.62. The Bertz CT molecular complexity index is 558. The molecule has 3 saturated carbocycles. The monoisotopic (exact) mass is 364 g/mol. The molecule has 148 valence electrons. The van der Waals surface area contributed by atoms with Crippen LogP contribution >= 0.6 is 0 Å². The molecule has 0 saturated heterocycles. The van der Waals surface area contributed by atoms with E-state index >= 15 is 0 Å². The maximum absolute atomic E-state index is 12.0. The second-order valence-electron chi connectivity index (χ2n) is 9.53. The average molecular weight is 365 g/mol. The highest BCUT2D eigenvalue weighted by atomic mass is 16.5. The fourth-order valence-corrected chi connectivity index (χ4v) is 6.53. The third-order valence-corrected chi connectivity index (χ3v) is 8.28. The van der Waals surface area contributed by atoms with E-state index in [0.717, 1.165) is 44.9 Å². The van der Waals surface area contributed by atoms with Crippen molar-refractivity contribution in [3.05, 3.63) is 12.2 Å². The number of hydrogen-bond acceptors (Lipinski definition) is 4. The first-order valence-electron chi connectivity index (χ1n) is 10.4. The molecule has 0 amide bonds. The van der Waals surface area contributed by atoms with E-state index in [2.05, 4.69) is 20.4 Å². The van der Waals surface area contributed by atoms with E-state index in [9.17, 15) is 15.0 Å². The van der Waals surface area contributed by atoms with Gasteiger partial charge in [-0.05, 0) is 68.1 Å². The van der Waals surface area contributed by atoms with E-state index in [0.29, 0.717) is 18.3 Å². The topological polar surface area (TPSA) is 66.8 Å². The molecule has 0 unspecified atom stereocenters. The number of carbonyl (C=O) groups is 1. The van der Waals surface area contributed by atoms with Crippen LogP contribution in [-0.4, -0.2) is 35.0 Å². The van der Waals surface area contributed by atoms with Gasteiger partial charge in [-0.15, -0.1) is 0 Å². The van der Waals surface area contributed by atoms with Gasteiger partial charge in [0.2, 0.25) is 0 Å². The molecular weight excluding hydrogens is 328 g/mol. The normalized spacial score (nSPS) is 46.0. The van der Waals surface area contributed by atoms with Crippen molar-refractivity contribution >= 4 is 5.97 Å². The predicted octanol–water partition coefficient (Wildman–Crippen LogP) is 3.85. The lowest BCUT2D eigenvalue weighted by Gasteiger charge is -2.56. The van der Waals surface area contributed by atoms with Crippen LogP contribution in [0.4, 0.5) is 0 Å². The molecule has 4 nitrogen and oxygen atoms in total. The lowest BCUT2D eigenvalue weighted by atomic mass is 9.51. The van der Waals surface area contributed by atoms with Crippen molar-refractivity contribution in [3.63, 3.8) is 0 Å². The Morgan fingerprint density at radius 2 is 1.96 bits per heavy atom. The van der Waals surface area contributed by atoms with Crippen molar-refractivity contribution in [1.82, 2.24) is 0 Å². The van der Waals surface area contributed by atoms with Crippen molar-refractivity contribution in [2.45, 2.75) is 84.3 Å². The molecule has 0 aromatic rings. The maximum atomic E-state index is 12.0. The van der Waals surface area contributed by atoms with Crippen LogP contribution < -0.4 is 0 Å². The summed E-state index contributed by atoms with van der Waals surface area (Å²) >= 11 is 0. The molecule has 3 rings (SSSR count). The summed E-state index contributed by atoms with van der Waals surface area (Å²) < 4.78 is 6.00. The van der Waals surface area contributed by atoms with Crippen LogP contribution in [0.2, 0.25) is 0 Å². The number of fused-ring (bicyclic) bond motifs is 1. The summed E-state index contributed by atoms with van der Waals surface area (Å²) in [5.41, 5.74) is 1.38. The molecule has 26 heavy (non-hydrogen) atoms. The largest absolute Gasteiger partial charge is 0.462 e. The second kappa shape index (κ2) is 7.27. The molecular formula is C22H36O4. The molecule has 0 aliphatic heterocycles. The molecule has 3 fully saturated rings. The van der Waals surface area contributed by atoms with Crippen molar-refractivity contribution in [3.8, 4) is 0 Å². The third kappa shape index (κ3) is 3.24. The zero-order valence-corrected chi connectivity index (χ0v) is 16.7. The summed E-state index contributed by atoms with van der Waals surface area (Å²) in [4.78, 5) is 12.0. The minimum Gasteiger partial charge on any atom is -0.462 e. The van der Waals surface area contributed by atoms with Gasteiger partial charge in [-0.1, -0.05) is 26.0 Å². The Balaban J connectivity index is 1.93. The zero-order chi connectivity index (χ0) is 19.1. The average Bonchev–Trinajstić information content (AvgIpc) is 2.87. The van der Waals surface area contributed by atoms with Crippen LogP contribution in [0.5, 0.6) is 0 Å². The van der Waals surface area contributed by atoms with Gasteiger partial charge in [0.1, 0.15) is 6.10 Å². The van der Waals surface area contributed by atoms with Gasteiger partial charge in [0.05, 0.1) is 6.10 Å². The van der Waals surface area contributed by atoms with Crippen LogP contribution in [0.15, 0.2) is 12.2 Å². The fourth-order valence-electron chi connectivity index (χ4n) is 6.53. The Kier molecular flexibility index (Phi) is 5.56. The van der Waals surface area contributed by atoms with E-state index in [4.69, 9.17) is 4.74 Å². The number of aliphatic hydroxyl groups excluding tert-OH is 2. The van der Waals surface area contributed by atoms with Gasteiger partial charge < -0.3 is 14.9 Å². The number of aliphatic hydroxyl groups is 2. The van der Waals surface area contributed by atoms with Crippen LogP contribution in [0.3, 0.4) is 0 Å². The Morgan fingerprint density at radius 3 is 2.62 bits per heavy atom. The summed E-state index contributed by atoms with van der Waals surface area (Å²) in [5.74, 6) is 0.712. The quantitative estimate of drug-likeness (QED) is 0.587. The highest BCUT2D eigenvalue weighted by Gasteiger charge is 2.58. The van der Waals surface area contributed by atoms with Crippen LogP contribution in [0.25, 0.3) is 0 Å². The van der Waals surface area contributed by atoms with Crippen molar-refractivity contribution in [2.75, 3.05) is 6.61 Å². The molecule has 0 aromatic heterocycles. The van der Waals surface area contributed by atoms with E-state index in [1.807, 2.05) is 0 Å². The first kappa shape index (κ1) is 19.9. The smallest absolute Gasteiger partial charge is 0.302 e. The Morgan fingerprint density at radius 1 is 1.23 bits per heavy atom. The van der Waals surface area contributed by atoms with E-state index in [-0.39, 0.29) is 41.5 Å². The van der Waals surface area contributed by atoms with Gasteiger partial charge in [0.15, 0.2) is 0 Å². The first-order chi connectivity index (χ1) is 12.2. The highest BCUT2D eigenvalue weighted by molar-refractivity contribution is 5.66. The maximum Gasteiger partial charge on any atom is 0.302 e. The molecule has 3 aliphatic carbocycles. The van der Waals surface area contributed by atoms with Crippen molar-refractivity contribution in [1.29, 1.82) is 0 Å². The minimum absolute atomic E-state index is 0.00662. The van der Waals surface area contributed by atoms with E-state index < -0.39 is 0 Å². The molecule has 0 heterocycles. The third-order valence-electron chi connectivity index (χ3n) is 8.28. The number of carbonyl (C=O) groups excluding carboxylic acids is 1. The SMILES string of the molecule is C=C1CC[C@H]2[C@H](OC(C)=O)[C@@H]([C@@]3(C)CC[C@H](O)C[C@@H]3CCO)CC[C@]12C. The number of ether oxygens (including phenoxy) is 1. The molecule has 3 aliphatic rings. The molecule has 7 atom stereocenters. The van der Waals surface area contributed by atoms with Crippen molar-refractivity contribution < 1.29 is 19.7 Å². The number of hydrogen-bond donors (Lipinski definition) is 2. The van der Waals surface area contributed by atoms with Crippen LogP contribution in [-0.2, 0) is 9.53 Å². The van der Waals surface area contributed by atoms with Gasteiger partial charge >= 0.3 is 5.97 Å². The molecule has 0 radical (unpaired) electrons. The first-order valence-corrected chi connectivity index (χ1v) is 10.4. The minimum atomic E-state index is -0.271. The van der Waals surface area contributed by atoms with Gasteiger partial charge in [0.25, 0.3) is 0 Å². The molecule has 2 N–H and O–H groups in total. The Hall–Kier alpha value is -0.870. The summed E-state index contributed by atoms with van der Waals surface area (Å²) in [6, 6.07) is 0. The summed E-state index contributed by atoms with van der Waals surface area (Å²) in [6.45, 7) is 10.6. The number of rotatable bonds is 4. The summed E-state index contributed by atoms with van der Waals surface area (Å²) in [5, 5.41) is 19.8. The lowest BCUT2D eigenvalue weighted by Crippen LogP contribution is -2.54. The predicted molar refractivity (Wildman–Crippen MR) is 101 cm³/mol. The van der Waals surface area contributed by atoms with Gasteiger partial charge in [-0.2, -0.15) is 0 Å². The molecule has 4 heteroatoms. The molecule has 0 bridgehead atoms. The zero-order valence-electron chi connectivity index (χ0n) is 16.7. The summed E-state index contributed by atoms with van der Waals surface area (Å²) in [6.07, 6.45) is 7.05. The number of esters is 1. The van der Waals surface area contributed by atoms with E-state index in [1.165, 1.54) is 12.5 Å². The van der Waals surface area contributed by atoms with Gasteiger partial charge in [-0.25, -0.2) is 0 Å². The van der Waals surface area contributed by atoms with Crippen LogP contribution in [0.1, 0.15) is 72.1 Å². The van der Waals surface area contributed by atoms with Crippen molar-refractivity contribution in [2.24, 2.45) is 28.6 Å². The lowest BCUT2D eigenvalue weighted by molar-refractivity contribution is -0.173. The van der Waals surface area contributed by atoms with Crippen LogP contribution in [0, 0.1) is 28.6 Å². The second-order valence-corrected chi connectivity index (χ2v) is 9.53.